The lowest BCUT2D eigenvalue weighted by atomic mass is 9.77. The number of hydrogen-bond acceptors (Lipinski definition) is 4. The van der Waals surface area contributed by atoms with Crippen LogP contribution in [0.25, 0.3) is 11.3 Å². The van der Waals surface area contributed by atoms with Gasteiger partial charge in [-0.25, -0.2) is 0 Å². The number of piperidine rings is 1. The van der Waals surface area contributed by atoms with Crippen LogP contribution in [-0.2, 0) is 0 Å². The van der Waals surface area contributed by atoms with Gasteiger partial charge in [0.15, 0.2) is 11.5 Å². The van der Waals surface area contributed by atoms with Crippen molar-refractivity contribution in [2.45, 2.75) is 64.6 Å². The van der Waals surface area contributed by atoms with E-state index in [1.54, 1.807) is 6.07 Å². The number of carbonyl (C=O) groups is 1. The van der Waals surface area contributed by atoms with Crippen molar-refractivity contribution in [3.05, 3.63) is 41.6 Å². The number of aryl methyl sites for hydroxylation is 1. The number of amides is 1. The molecule has 1 fully saturated rings. The summed E-state index contributed by atoms with van der Waals surface area (Å²) in [6, 6.07) is 9.80. The van der Waals surface area contributed by atoms with Crippen LogP contribution in [0.4, 0.5) is 0 Å². The molecule has 0 saturated carbocycles. The fraction of sp³-hybridized carbons (Fsp3) is 0.524. The van der Waals surface area contributed by atoms with Crippen LogP contribution < -0.4 is 5.32 Å². The van der Waals surface area contributed by atoms with Gasteiger partial charge < -0.3 is 9.84 Å². The van der Waals surface area contributed by atoms with Crippen LogP contribution in [0.1, 0.15) is 56.6 Å². The van der Waals surface area contributed by atoms with Gasteiger partial charge in [-0.15, -0.1) is 0 Å². The van der Waals surface area contributed by atoms with E-state index in [0.29, 0.717) is 11.5 Å². The quantitative estimate of drug-likeness (QED) is 0.903. The summed E-state index contributed by atoms with van der Waals surface area (Å²) in [5.41, 5.74) is 2.45. The predicted molar refractivity (Wildman–Crippen MR) is 103 cm³/mol. The summed E-state index contributed by atoms with van der Waals surface area (Å²) >= 11 is 0. The number of aromatic nitrogens is 1. The predicted octanol–water partition coefficient (Wildman–Crippen LogP) is 4.03. The molecule has 1 aliphatic heterocycles. The highest BCUT2D eigenvalue weighted by Gasteiger charge is 2.43. The number of nitrogens with one attached hydrogen (secondary N) is 1. The van der Waals surface area contributed by atoms with Gasteiger partial charge in [0.05, 0.1) is 0 Å². The van der Waals surface area contributed by atoms with Gasteiger partial charge in [-0.1, -0.05) is 28.9 Å². The van der Waals surface area contributed by atoms with Crippen LogP contribution in [0, 0.1) is 6.92 Å². The first-order chi connectivity index (χ1) is 12.1. The minimum absolute atomic E-state index is 0.0241. The molecule has 140 valence electrons. The number of likely N-dealkylation sites (tertiary alicyclic amines) is 1. The van der Waals surface area contributed by atoms with Crippen molar-refractivity contribution in [1.29, 1.82) is 0 Å². The molecule has 1 amide bonds. The van der Waals surface area contributed by atoms with Gasteiger partial charge in [0.1, 0.15) is 0 Å². The lowest BCUT2D eigenvalue weighted by Crippen LogP contribution is -2.62. The van der Waals surface area contributed by atoms with Crippen LogP contribution in [0.5, 0.6) is 0 Å². The SMILES string of the molecule is Cc1cccc(-c2cc(C(=O)NC3CC(C)(C)N(C)C(C)(C)C3)no2)c1. The minimum atomic E-state index is -0.172. The van der Waals surface area contributed by atoms with Gasteiger partial charge in [-0.3, -0.25) is 9.69 Å². The van der Waals surface area contributed by atoms with E-state index in [9.17, 15) is 4.79 Å². The molecule has 0 radical (unpaired) electrons. The molecular weight excluding hydrogens is 326 g/mol. The lowest BCUT2D eigenvalue weighted by molar-refractivity contribution is -0.0169. The number of carbonyl (C=O) groups excluding carboxylic acids is 1. The molecule has 5 heteroatoms. The summed E-state index contributed by atoms with van der Waals surface area (Å²) in [6.07, 6.45) is 1.81. The molecule has 0 atom stereocenters. The second-order valence-electron chi connectivity index (χ2n) is 8.71. The van der Waals surface area contributed by atoms with Crippen molar-refractivity contribution in [3.8, 4) is 11.3 Å². The van der Waals surface area contributed by atoms with Gasteiger partial charge in [0.2, 0.25) is 0 Å². The molecule has 1 N–H and O–H groups in total. The van der Waals surface area contributed by atoms with Crippen molar-refractivity contribution < 1.29 is 9.32 Å². The van der Waals surface area contributed by atoms with E-state index >= 15 is 0 Å². The molecular formula is C21H29N3O2. The Kier molecular flexibility index (Phi) is 4.69. The highest BCUT2D eigenvalue weighted by atomic mass is 16.5. The first-order valence-corrected chi connectivity index (χ1v) is 9.17. The largest absolute Gasteiger partial charge is 0.355 e. The first kappa shape index (κ1) is 18.6. The fourth-order valence-electron chi connectivity index (χ4n) is 4.05. The van der Waals surface area contributed by atoms with E-state index in [2.05, 4.69) is 50.1 Å². The third-order valence-electron chi connectivity index (χ3n) is 5.69. The molecule has 0 aliphatic carbocycles. The molecule has 2 heterocycles. The Balaban J connectivity index is 1.73. The molecule has 0 bridgehead atoms. The van der Waals surface area contributed by atoms with E-state index in [4.69, 9.17) is 4.52 Å². The Morgan fingerprint density at radius 3 is 2.46 bits per heavy atom. The minimum Gasteiger partial charge on any atom is -0.355 e. The summed E-state index contributed by atoms with van der Waals surface area (Å²) in [6.45, 7) is 10.9. The van der Waals surface area contributed by atoms with Crippen LogP contribution in [0.3, 0.4) is 0 Å². The molecule has 0 unspecified atom stereocenters. The summed E-state index contributed by atoms with van der Waals surface area (Å²) < 4.78 is 5.40. The third-order valence-corrected chi connectivity index (χ3v) is 5.69. The molecule has 1 aromatic heterocycles. The number of nitrogens with zero attached hydrogens (tertiary/aromatic N) is 2. The van der Waals surface area contributed by atoms with Gasteiger partial charge in [-0.2, -0.15) is 0 Å². The second kappa shape index (κ2) is 6.54. The van der Waals surface area contributed by atoms with Gasteiger partial charge in [0.25, 0.3) is 5.91 Å². The molecule has 26 heavy (non-hydrogen) atoms. The van der Waals surface area contributed by atoms with Crippen LogP contribution in [0.15, 0.2) is 34.9 Å². The zero-order chi connectivity index (χ0) is 19.1. The van der Waals surface area contributed by atoms with Crippen LogP contribution in [0.2, 0.25) is 0 Å². The smallest absolute Gasteiger partial charge is 0.273 e. The zero-order valence-electron chi connectivity index (χ0n) is 16.6. The van der Waals surface area contributed by atoms with Crippen LogP contribution in [-0.4, -0.2) is 40.1 Å². The standard InChI is InChI=1S/C21H29N3O2/c1-14-8-7-9-15(10-14)18-11-17(23-26-18)19(25)22-16-12-20(2,3)24(6)21(4,5)13-16/h7-11,16H,12-13H2,1-6H3,(H,22,25). The third kappa shape index (κ3) is 3.68. The van der Waals surface area contributed by atoms with E-state index in [1.165, 1.54) is 0 Å². The van der Waals surface area contributed by atoms with Crippen molar-refractivity contribution >= 4 is 5.91 Å². The highest BCUT2D eigenvalue weighted by molar-refractivity contribution is 5.93. The zero-order valence-corrected chi connectivity index (χ0v) is 16.6. The fourth-order valence-corrected chi connectivity index (χ4v) is 4.05. The molecule has 1 aliphatic rings. The molecule has 1 saturated heterocycles. The van der Waals surface area contributed by atoms with Crippen molar-refractivity contribution in [3.63, 3.8) is 0 Å². The van der Waals surface area contributed by atoms with Gasteiger partial charge in [0, 0.05) is 28.7 Å². The Bertz CT molecular complexity index is 789. The molecule has 0 spiro atoms. The maximum atomic E-state index is 12.7. The van der Waals surface area contributed by atoms with Crippen molar-refractivity contribution in [2.24, 2.45) is 0 Å². The number of rotatable bonds is 3. The van der Waals surface area contributed by atoms with E-state index in [1.807, 2.05) is 31.2 Å². The molecule has 1 aromatic carbocycles. The Morgan fingerprint density at radius 1 is 1.19 bits per heavy atom. The van der Waals surface area contributed by atoms with Gasteiger partial charge in [-0.05, 0) is 60.6 Å². The monoisotopic (exact) mass is 355 g/mol. The summed E-state index contributed by atoms with van der Waals surface area (Å²) in [5, 5.41) is 7.13. The van der Waals surface area contributed by atoms with E-state index in [0.717, 1.165) is 24.0 Å². The van der Waals surface area contributed by atoms with Crippen LogP contribution >= 0.6 is 0 Å². The second-order valence-corrected chi connectivity index (χ2v) is 8.71. The maximum Gasteiger partial charge on any atom is 0.273 e. The van der Waals surface area contributed by atoms with E-state index in [-0.39, 0.29) is 23.0 Å². The average Bonchev–Trinajstić information content (AvgIpc) is 3.02. The number of benzene rings is 1. The molecule has 3 rings (SSSR count). The highest BCUT2D eigenvalue weighted by Crippen LogP contribution is 2.36. The van der Waals surface area contributed by atoms with Crippen molar-refractivity contribution in [1.82, 2.24) is 15.4 Å². The summed E-state index contributed by atoms with van der Waals surface area (Å²) in [5.74, 6) is 0.441. The first-order valence-electron chi connectivity index (χ1n) is 9.17. The maximum absolute atomic E-state index is 12.7. The van der Waals surface area contributed by atoms with Gasteiger partial charge >= 0.3 is 0 Å². The number of hydrogen-bond donors (Lipinski definition) is 1. The molecule has 5 nitrogen and oxygen atoms in total. The Morgan fingerprint density at radius 2 is 1.85 bits per heavy atom. The molecule has 2 aromatic rings. The van der Waals surface area contributed by atoms with Crippen molar-refractivity contribution in [2.75, 3.05) is 7.05 Å². The lowest BCUT2D eigenvalue weighted by Gasteiger charge is -2.53. The Hall–Kier alpha value is -2.14. The normalized spacial score (nSPS) is 20.1. The average molecular weight is 355 g/mol. The van der Waals surface area contributed by atoms with E-state index < -0.39 is 0 Å². The summed E-state index contributed by atoms with van der Waals surface area (Å²) in [7, 11) is 2.16. The summed E-state index contributed by atoms with van der Waals surface area (Å²) in [4.78, 5) is 15.1. The topological polar surface area (TPSA) is 58.4 Å². The Labute approximate surface area is 155 Å².